The van der Waals surface area contributed by atoms with E-state index in [0.717, 1.165) is 18.0 Å². The zero-order chi connectivity index (χ0) is 22.8. The second-order valence-corrected chi connectivity index (χ2v) is 10.3. The van der Waals surface area contributed by atoms with E-state index in [0.29, 0.717) is 32.3 Å². The summed E-state index contributed by atoms with van der Waals surface area (Å²) in [6, 6.07) is 11.0. The molecule has 10 heteroatoms. The van der Waals surface area contributed by atoms with Crippen LogP contribution in [0.2, 0.25) is 5.02 Å². The second-order valence-electron chi connectivity index (χ2n) is 6.84. The van der Waals surface area contributed by atoms with Gasteiger partial charge in [-0.2, -0.15) is 0 Å². The number of aromatic nitrogens is 2. The number of benzene rings is 2. The van der Waals surface area contributed by atoms with Gasteiger partial charge in [-0.05, 0) is 49.4 Å². The Morgan fingerprint density at radius 1 is 1.29 bits per heavy atom. The molecule has 1 N–H and O–H groups in total. The van der Waals surface area contributed by atoms with Gasteiger partial charge in [-0.25, -0.2) is 13.4 Å². The van der Waals surface area contributed by atoms with E-state index in [1.54, 1.807) is 43.3 Å². The summed E-state index contributed by atoms with van der Waals surface area (Å²) in [6.07, 6.45) is 2.65. The van der Waals surface area contributed by atoms with Crippen molar-refractivity contribution in [3.63, 3.8) is 0 Å². The third kappa shape index (κ3) is 5.55. The van der Waals surface area contributed by atoms with Gasteiger partial charge in [-0.3, -0.25) is 18.9 Å². The molecule has 1 aromatic heterocycles. The predicted octanol–water partition coefficient (Wildman–Crippen LogP) is 3.97. The number of thioether (sulfide) groups is 1. The highest BCUT2D eigenvalue weighted by Crippen LogP contribution is 2.26. The maximum absolute atomic E-state index is 12.9. The van der Waals surface area contributed by atoms with Gasteiger partial charge in [0, 0.05) is 22.8 Å². The lowest BCUT2D eigenvalue weighted by Gasteiger charge is -2.15. The molecule has 0 radical (unpaired) electrons. The van der Waals surface area contributed by atoms with Gasteiger partial charge in [-0.15, -0.1) is 6.58 Å². The van der Waals surface area contributed by atoms with Crippen LogP contribution in [0.4, 0.5) is 5.69 Å². The fraction of sp³-hybridized carbons (Fsp3) is 0.190. The Morgan fingerprint density at radius 3 is 2.58 bits per heavy atom. The first-order chi connectivity index (χ1) is 14.6. The van der Waals surface area contributed by atoms with E-state index in [2.05, 4.69) is 16.3 Å². The van der Waals surface area contributed by atoms with Crippen LogP contribution in [0, 0.1) is 0 Å². The molecule has 0 aliphatic carbocycles. The quantitative estimate of drug-likeness (QED) is 0.228. The first-order valence-electron chi connectivity index (χ1n) is 9.19. The minimum Gasteiger partial charge on any atom is -0.293 e. The number of rotatable bonds is 8. The third-order valence-electron chi connectivity index (χ3n) is 4.32. The SMILES string of the molecule is C=CCn1c(SC(C)C(=O)c2ccc(NS(C)(=O)=O)cc2)nc2cc(Cl)ccc2c1=O. The first kappa shape index (κ1) is 23.1. The highest BCUT2D eigenvalue weighted by molar-refractivity contribution is 8.00. The fourth-order valence-electron chi connectivity index (χ4n) is 2.92. The summed E-state index contributed by atoms with van der Waals surface area (Å²) in [5.41, 5.74) is 1.00. The van der Waals surface area contributed by atoms with Crippen LogP contribution in [-0.2, 0) is 16.6 Å². The van der Waals surface area contributed by atoms with Gasteiger partial charge in [0.2, 0.25) is 10.0 Å². The fourth-order valence-corrected chi connectivity index (χ4v) is 4.64. The van der Waals surface area contributed by atoms with Crippen molar-refractivity contribution in [3.8, 4) is 0 Å². The molecule has 1 heterocycles. The van der Waals surface area contributed by atoms with Gasteiger partial charge in [-0.1, -0.05) is 29.4 Å². The van der Waals surface area contributed by atoms with Crippen molar-refractivity contribution in [3.05, 3.63) is 76.1 Å². The molecule has 3 rings (SSSR count). The van der Waals surface area contributed by atoms with Crippen LogP contribution in [0.1, 0.15) is 17.3 Å². The zero-order valence-corrected chi connectivity index (χ0v) is 19.2. The number of anilines is 1. The average Bonchev–Trinajstić information content (AvgIpc) is 2.69. The molecule has 0 spiro atoms. The lowest BCUT2D eigenvalue weighted by molar-refractivity contribution is 0.0994. The molecule has 7 nitrogen and oxygen atoms in total. The molecule has 1 atom stereocenters. The zero-order valence-electron chi connectivity index (χ0n) is 16.8. The number of ketones is 1. The Labute approximate surface area is 189 Å². The lowest BCUT2D eigenvalue weighted by atomic mass is 10.1. The number of nitrogens with zero attached hydrogens (tertiary/aromatic N) is 2. The molecule has 2 aromatic carbocycles. The van der Waals surface area contributed by atoms with Crippen molar-refractivity contribution in [1.29, 1.82) is 0 Å². The van der Waals surface area contributed by atoms with E-state index in [4.69, 9.17) is 11.6 Å². The van der Waals surface area contributed by atoms with Crippen molar-refractivity contribution < 1.29 is 13.2 Å². The summed E-state index contributed by atoms with van der Waals surface area (Å²) < 4.78 is 26.5. The molecular weight excluding hydrogens is 458 g/mol. The van der Waals surface area contributed by atoms with Gasteiger partial charge < -0.3 is 0 Å². The molecule has 162 valence electrons. The van der Waals surface area contributed by atoms with Crippen molar-refractivity contribution in [2.24, 2.45) is 0 Å². The highest BCUT2D eigenvalue weighted by atomic mass is 35.5. The molecule has 0 aliphatic heterocycles. The van der Waals surface area contributed by atoms with Crippen molar-refractivity contribution in [2.45, 2.75) is 23.9 Å². The van der Waals surface area contributed by atoms with Crippen LogP contribution in [0.3, 0.4) is 0 Å². The molecule has 1 unspecified atom stereocenters. The smallest absolute Gasteiger partial charge is 0.262 e. The van der Waals surface area contributed by atoms with Crippen LogP contribution in [-0.4, -0.2) is 35.3 Å². The molecule has 0 bridgehead atoms. The molecular formula is C21H20ClN3O4S2. The Morgan fingerprint density at radius 2 is 1.97 bits per heavy atom. The van der Waals surface area contributed by atoms with Gasteiger partial charge in [0.1, 0.15) is 0 Å². The topological polar surface area (TPSA) is 98.1 Å². The first-order valence-corrected chi connectivity index (χ1v) is 12.3. The number of halogens is 1. The number of carbonyl (C=O) groups excluding carboxylic acids is 1. The summed E-state index contributed by atoms with van der Waals surface area (Å²) in [7, 11) is -3.40. The summed E-state index contributed by atoms with van der Waals surface area (Å²) in [5, 5.41) is 0.733. The van der Waals surface area contributed by atoms with E-state index >= 15 is 0 Å². The Bertz CT molecular complexity index is 1320. The average molecular weight is 478 g/mol. The number of fused-ring (bicyclic) bond motifs is 1. The molecule has 0 aliphatic rings. The summed E-state index contributed by atoms with van der Waals surface area (Å²) in [4.78, 5) is 30.4. The van der Waals surface area contributed by atoms with E-state index in [9.17, 15) is 18.0 Å². The third-order valence-corrected chi connectivity index (χ3v) is 6.25. The number of hydrogen-bond acceptors (Lipinski definition) is 6. The number of sulfonamides is 1. The second kappa shape index (κ2) is 9.25. The van der Waals surface area contributed by atoms with Crippen molar-refractivity contribution in [1.82, 2.24) is 9.55 Å². The van der Waals surface area contributed by atoms with Gasteiger partial charge in [0.25, 0.3) is 5.56 Å². The van der Waals surface area contributed by atoms with Crippen LogP contribution in [0.25, 0.3) is 10.9 Å². The van der Waals surface area contributed by atoms with Gasteiger partial charge >= 0.3 is 0 Å². The molecule has 0 fully saturated rings. The maximum atomic E-state index is 12.9. The van der Waals surface area contributed by atoms with Gasteiger partial charge in [0.05, 0.1) is 22.4 Å². The number of allylic oxidation sites excluding steroid dienone is 1. The Kier molecular flexibility index (Phi) is 6.88. The molecule has 31 heavy (non-hydrogen) atoms. The largest absolute Gasteiger partial charge is 0.293 e. The van der Waals surface area contributed by atoms with E-state index in [1.165, 1.54) is 16.7 Å². The van der Waals surface area contributed by atoms with Crippen molar-refractivity contribution >= 4 is 55.8 Å². The highest BCUT2D eigenvalue weighted by Gasteiger charge is 2.20. The summed E-state index contributed by atoms with van der Waals surface area (Å²) in [5.74, 6) is -0.179. The molecule has 3 aromatic rings. The van der Waals surface area contributed by atoms with Crippen LogP contribution < -0.4 is 10.3 Å². The minimum atomic E-state index is -3.40. The standard InChI is InChI=1S/C21H20ClN3O4S2/c1-4-11-25-20(27)17-10-7-15(22)12-18(17)23-21(25)30-13(2)19(26)14-5-8-16(9-6-14)24-31(3,28)29/h4-10,12-13,24H,1,11H2,2-3H3. The van der Waals surface area contributed by atoms with Crippen LogP contribution >= 0.6 is 23.4 Å². The van der Waals surface area contributed by atoms with E-state index in [1.807, 2.05) is 0 Å². The summed E-state index contributed by atoms with van der Waals surface area (Å²) >= 11 is 7.21. The van der Waals surface area contributed by atoms with Gasteiger partial charge in [0.15, 0.2) is 10.9 Å². The van der Waals surface area contributed by atoms with E-state index in [-0.39, 0.29) is 17.9 Å². The number of hydrogen-bond donors (Lipinski definition) is 1. The Hall–Kier alpha value is -2.62. The molecule has 0 saturated heterocycles. The minimum absolute atomic E-state index is 0.179. The Balaban J connectivity index is 1.90. The monoisotopic (exact) mass is 477 g/mol. The summed E-state index contributed by atoms with van der Waals surface area (Å²) in [6.45, 7) is 5.67. The number of nitrogens with one attached hydrogen (secondary N) is 1. The van der Waals surface area contributed by atoms with Crippen LogP contribution in [0.5, 0.6) is 0 Å². The predicted molar refractivity (Wildman–Crippen MR) is 126 cm³/mol. The van der Waals surface area contributed by atoms with E-state index < -0.39 is 15.3 Å². The van der Waals surface area contributed by atoms with Crippen molar-refractivity contribution in [2.75, 3.05) is 11.0 Å². The lowest BCUT2D eigenvalue weighted by Crippen LogP contribution is -2.24. The number of carbonyl (C=O) groups is 1. The molecule has 0 saturated carbocycles. The maximum Gasteiger partial charge on any atom is 0.262 e. The number of Topliss-reactive ketones (excluding diaryl/α,β-unsaturated/α-hetero) is 1. The molecule has 0 amide bonds. The van der Waals surface area contributed by atoms with Crippen LogP contribution in [0.15, 0.2) is 65.1 Å². The normalized spacial score (nSPS) is 12.5.